The third-order valence-corrected chi connectivity index (χ3v) is 5.06. The fourth-order valence-electron chi connectivity index (χ4n) is 2.73. The lowest BCUT2D eigenvalue weighted by Gasteiger charge is -1.99. The first kappa shape index (κ1) is 15.7. The van der Waals surface area contributed by atoms with Crippen molar-refractivity contribution in [3.63, 3.8) is 0 Å². The minimum atomic E-state index is 0.711. The Kier molecular flexibility index (Phi) is 3.89. The van der Waals surface area contributed by atoms with Crippen molar-refractivity contribution < 1.29 is 0 Å². The van der Waals surface area contributed by atoms with Crippen LogP contribution in [-0.2, 0) is 0 Å². The molecule has 0 aliphatic rings. The number of hydrogen-bond donors (Lipinski definition) is 0. The van der Waals surface area contributed by atoms with Crippen molar-refractivity contribution in [3.05, 3.63) is 65.5 Å². The van der Waals surface area contributed by atoms with Gasteiger partial charge in [0, 0.05) is 11.1 Å². The molecule has 124 valence electrons. The topological polar surface area (TPSA) is 56.5 Å². The molecule has 0 fully saturated rings. The molecule has 0 saturated heterocycles. The number of benzene rings is 2. The summed E-state index contributed by atoms with van der Waals surface area (Å²) >= 11 is 1.52. The summed E-state index contributed by atoms with van der Waals surface area (Å²) in [6, 6.07) is 16.3. The average Bonchev–Trinajstić information content (AvgIpc) is 3.22. The smallest absolute Gasteiger partial charge is 0.212 e. The minimum Gasteiger partial charge on any atom is -0.212 e. The molecule has 2 aromatic heterocycles. The Morgan fingerprint density at radius 1 is 0.800 bits per heavy atom. The van der Waals surface area contributed by atoms with E-state index >= 15 is 0 Å². The van der Waals surface area contributed by atoms with Crippen molar-refractivity contribution in [1.29, 1.82) is 0 Å². The van der Waals surface area contributed by atoms with Crippen LogP contribution in [-0.4, -0.2) is 25.0 Å². The molecule has 2 aromatic carbocycles. The van der Waals surface area contributed by atoms with E-state index in [1.165, 1.54) is 16.9 Å². The molecule has 4 aromatic rings. The standard InChI is InChI=1S/C19H17N5S/c1-12-8-4-6-10-15(12)17-20-14(3)24(23-17)19-22-21-18(25-19)16-11-7-5-9-13(16)2/h4-11H,1-3H3. The monoisotopic (exact) mass is 347 g/mol. The Morgan fingerprint density at radius 2 is 1.44 bits per heavy atom. The van der Waals surface area contributed by atoms with Crippen molar-refractivity contribution in [3.8, 4) is 27.1 Å². The normalized spacial score (nSPS) is 11.0. The molecule has 5 nitrogen and oxygen atoms in total. The van der Waals surface area contributed by atoms with E-state index in [2.05, 4.69) is 52.3 Å². The highest BCUT2D eigenvalue weighted by atomic mass is 32.1. The van der Waals surface area contributed by atoms with E-state index < -0.39 is 0 Å². The molecule has 0 aliphatic carbocycles. The lowest BCUT2D eigenvalue weighted by Crippen LogP contribution is -1.98. The first-order valence-corrected chi connectivity index (χ1v) is 8.84. The van der Waals surface area contributed by atoms with Gasteiger partial charge < -0.3 is 0 Å². The third kappa shape index (κ3) is 2.85. The highest BCUT2D eigenvalue weighted by Gasteiger charge is 2.16. The van der Waals surface area contributed by atoms with E-state index in [-0.39, 0.29) is 0 Å². The largest absolute Gasteiger partial charge is 0.234 e. The highest BCUT2D eigenvalue weighted by Crippen LogP contribution is 2.29. The Bertz CT molecular complexity index is 1050. The molecule has 0 saturated carbocycles. The molecule has 0 atom stereocenters. The van der Waals surface area contributed by atoms with Gasteiger partial charge in [-0.25, -0.2) is 4.98 Å². The lowest BCUT2D eigenvalue weighted by atomic mass is 10.1. The molecular weight excluding hydrogens is 330 g/mol. The predicted molar refractivity (Wildman–Crippen MR) is 99.9 cm³/mol. The van der Waals surface area contributed by atoms with Crippen LogP contribution in [0.15, 0.2) is 48.5 Å². The summed E-state index contributed by atoms with van der Waals surface area (Å²) in [5.74, 6) is 1.51. The van der Waals surface area contributed by atoms with Crippen molar-refractivity contribution >= 4 is 11.3 Å². The van der Waals surface area contributed by atoms with Crippen LogP contribution in [0.4, 0.5) is 0 Å². The Hall–Kier alpha value is -2.86. The van der Waals surface area contributed by atoms with E-state index in [1.807, 2.05) is 37.3 Å². The molecule has 4 rings (SSSR count). The van der Waals surface area contributed by atoms with Crippen LogP contribution >= 0.6 is 11.3 Å². The number of rotatable bonds is 3. The van der Waals surface area contributed by atoms with Crippen LogP contribution in [0, 0.1) is 20.8 Å². The summed E-state index contributed by atoms with van der Waals surface area (Å²) in [6.07, 6.45) is 0. The quantitative estimate of drug-likeness (QED) is 0.552. The molecule has 25 heavy (non-hydrogen) atoms. The van der Waals surface area contributed by atoms with Crippen molar-refractivity contribution in [2.45, 2.75) is 20.8 Å². The van der Waals surface area contributed by atoms with Gasteiger partial charge in [-0.3, -0.25) is 0 Å². The maximum Gasteiger partial charge on any atom is 0.234 e. The van der Waals surface area contributed by atoms with Gasteiger partial charge in [-0.05, 0) is 31.9 Å². The molecule has 0 aliphatic heterocycles. The molecule has 0 spiro atoms. The summed E-state index contributed by atoms with van der Waals surface area (Å²) in [5, 5.41) is 14.9. The summed E-state index contributed by atoms with van der Waals surface area (Å²) in [4.78, 5) is 4.61. The van der Waals surface area contributed by atoms with E-state index in [0.717, 1.165) is 32.7 Å². The second-order valence-electron chi connectivity index (χ2n) is 5.91. The Balaban J connectivity index is 1.75. The zero-order chi connectivity index (χ0) is 17.4. The molecule has 0 unspecified atom stereocenters. The van der Waals surface area contributed by atoms with Crippen molar-refractivity contribution in [2.24, 2.45) is 0 Å². The zero-order valence-electron chi connectivity index (χ0n) is 14.3. The van der Waals surface area contributed by atoms with Gasteiger partial charge in [-0.15, -0.1) is 15.3 Å². The van der Waals surface area contributed by atoms with Gasteiger partial charge in [0.1, 0.15) is 10.8 Å². The maximum atomic E-state index is 4.65. The summed E-state index contributed by atoms with van der Waals surface area (Å²) in [5.41, 5.74) is 4.47. The van der Waals surface area contributed by atoms with Crippen molar-refractivity contribution in [1.82, 2.24) is 25.0 Å². The molecular formula is C19H17N5S. The van der Waals surface area contributed by atoms with E-state index in [9.17, 15) is 0 Å². The van der Waals surface area contributed by atoms with Gasteiger partial charge in [0.05, 0.1) is 0 Å². The predicted octanol–water partition coefficient (Wildman–Crippen LogP) is 4.38. The first-order chi connectivity index (χ1) is 12.1. The molecule has 2 heterocycles. The highest BCUT2D eigenvalue weighted by molar-refractivity contribution is 7.17. The third-order valence-electron chi connectivity index (χ3n) is 4.13. The van der Waals surface area contributed by atoms with E-state index in [4.69, 9.17) is 0 Å². The van der Waals surface area contributed by atoms with Crippen LogP contribution in [0.2, 0.25) is 0 Å². The summed E-state index contributed by atoms with van der Waals surface area (Å²) in [7, 11) is 0. The van der Waals surface area contributed by atoms with Gasteiger partial charge in [-0.2, -0.15) is 4.68 Å². The lowest BCUT2D eigenvalue weighted by molar-refractivity contribution is 0.815. The fourth-order valence-corrected chi connectivity index (χ4v) is 3.67. The maximum absolute atomic E-state index is 4.65. The number of aromatic nitrogens is 5. The Morgan fingerprint density at radius 3 is 2.12 bits per heavy atom. The average molecular weight is 347 g/mol. The molecule has 6 heteroatoms. The Labute approximate surface area is 150 Å². The second kappa shape index (κ2) is 6.22. The zero-order valence-corrected chi connectivity index (χ0v) is 15.1. The number of nitrogens with zero attached hydrogens (tertiary/aromatic N) is 5. The van der Waals surface area contributed by atoms with Gasteiger partial charge in [0.15, 0.2) is 5.82 Å². The molecule has 0 N–H and O–H groups in total. The summed E-state index contributed by atoms with van der Waals surface area (Å²) < 4.78 is 1.77. The number of hydrogen-bond acceptors (Lipinski definition) is 5. The van der Waals surface area contributed by atoms with Gasteiger partial charge >= 0.3 is 0 Å². The van der Waals surface area contributed by atoms with Crippen LogP contribution in [0.1, 0.15) is 17.0 Å². The molecule has 0 radical (unpaired) electrons. The van der Waals surface area contributed by atoms with Gasteiger partial charge in [-0.1, -0.05) is 59.9 Å². The van der Waals surface area contributed by atoms with Crippen LogP contribution in [0.5, 0.6) is 0 Å². The molecule has 0 bridgehead atoms. The van der Waals surface area contributed by atoms with Crippen LogP contribution < -0.4 is 0 Å². The molecule has 0 amide bonds. The van der Waals surface area contributed by atoms with Crippen molar-refractivity contribution in [2.75, 3.05) is 0 Å². The van der Waals surface area contributed by atoms with Crippen LogP contribution in [0.25, 0.3) is 27.1 Å². The van der Waals surface area contributed by atoms with Gasteiger partial charge in [0.2, 0.25) is 5.13 Å². The summed E-state index contributed by atoms with van der Waals surface area (Å²) in [6.45, 7) is 6.07. The van der Waals surface area contributed by atoms with Crippen LogP contribution in [0.3, 0.4) is 0 Å². The number of aryl methyl sites for hydroxylation is 3. The fraction of sp³-hybridized carbons (Fsp3) is 0.158. The van der Waals surface area contributed by atoms with E-state index in [0.29, 0.717) is 5.82 Å². The second-order valence-corrected chi connectivity index (χ2v) is 6.87. The minimum absolute atomic E-state index is 0.711. The first-order valence-electron chi connectivity index (χ1n) is 8.03. The van der Waals surface area contributed by atoms with Gasteiger partial charge in [0.25, 0.3) is 0 Å². The SMILES string of the molecule is Cc1ccccc1-c1nc(C)n(-c2nnc(-c3ccccc3C)s2)n1. The van der Waals surface area contributed by atoms with E-state index in [1.54, 1.807) is 4.68 Å².